The van der Waals surface area contributed by atoms with Crippen LogP contribution in [-0.4, -0.2) is 36.6 Å². The summed E-state index contributed by atoms with van der Waals surface area (Å²) in [5.41, 5.74) is 2.23. The number of aryl methyl sites for hydroxylation is 2. The van der Waals surface area contributed by atoms with Crippen molar-refractivity contribution in [3.8, 4) is 11.9 Å². The molecule has 0 atom stereocenters. The Bertz CT molecular complexity index is 860. The lowest BCUT2D eigenvalue weighted by Gasteiger charge is -2.22. The molecule has 1 heterocycles. The predicted molar refractivity (Wildman–Crippen MR) is 99.3 cm³/mol. The average Bonchev–Trinajstić information content (AvgIpc) is 2.64. The van der Waals surface area contributed by atoms with Gasteiger partial charge in [0.2, 0.25) is 5.88 Å². The third kappa shape index (κ3) is 5.28. The summed E-state index contributed by atoms with van der Waals surface area (Å²) in [7, 11) is 0. The maximum Gasteiger partial charge on any atom is 0.326 e. The highest BCUT2D eigenvalue weighted by atomic mass is 16.5. The molecule has 27 heavy (non-hydrogen) atoms. The van der Waals surface area contributed by atoms with Gasteiger partial charge >= 0.3 is 5.97 Å². The Labute approximate surface area is 158 Å². The van der Waals surface area contributed by atoms with Crippen LogP contribution in [0.2, 0.25) is 0 Å². The zero-order chi connectivity index (χ0) is 19.8. The van der Waals surface area contributed by atoms with E-state index in [4.69, 9.17) is 9.47 Å². The molecule has 0 spiro atoms. The Morgan fingerprint density at radius 1 is 1.22 bits per heavy atom. The van der Waals surface area contributed by atoms with Crippen molar-refractivity contribution in [2.75, 3.05) is 24.7 Å². The van der Waals surface area contributed by atoms with E-state index in [-0.39, 0.29) is 31.2 Å². The second-order valence-corrected chi connectivity index (χ2v) is 5.78. The lowest BCUT2D eigenvalue weighted by atomic mass is 10.1. The highest BCUT2D eigenvalue weighted by Crippen LogP contribution is 2.20. The molecule has 0 N–H and O–H groups in total. The van der Waals surface area contributed by atoms with E-state index in [1.807, 2.05) is 12.1 Å². The van der Waals surface area contributed by atoms with E-state index in [9.17, 15) is 14.9 Å². The Morgan fingerprint density at radius 3 is 2.56 bits per heavy atom. The first-order chi connectivity index (χ1) is 13.0. The third-order valence-electron chi connectivity index (χ3n) is 3.72. The molecule has 0 unspecified atom stereocenters. The fraction of sp³-hybridized carbons (Fsp3) is 0.300. The first-order valence-corrected chi connectivity index (χ1v) is 8.48. The fourth-order valence-corrected chi connectivity index (χ4v) is 2.52. The van der Waals surface area contributed by atoms with Gasteiger partial charge < -0.3 is 9.47 Å². The SMILES string of the molecule is CCOC(=O)CN(C(=O)COc1nc(C)cc(C)c1C#N)c1ccccc1. The zero-order valence-electron chi connectivity index (χ0n) is 15.6. The maximum absolute atomic E-state index is 12.7. The van der Waals surface area contributed by atoms with E-state index >= 15 is 0 Å². The molecule has 0 aliphatic heterocycles. The van der Waals surface area contributed by atoms with Gasteiger partial charge in [-0.3, -0.25) is 14.5 Å². The van der Waals surface area contributed by atoms with Crippen LogP contribution in [0, 0.1) is 25.2 Å². The molecule has 0 aliphatic carbocycles. The lowest BCUT2D eigenvalue weighted by molar-refractivity contribution is -0.142. The van der Waals surface area contributed by atoms with Crippen molar-refractivity contribution in [1.29, 1.82) is 5.26 Å². The van der Waals surface area contributed by atoms with Crippen molar-refractivity contribution in [3.63, 3.8) is 0 Å². The fourth-order valence-electron chi connectivity index (χ4n) is 2.52. The summed E-state index contributed by atoms with van der Waals surface area (Å²) in [5, 5.41) is 9.29. The molecule has 1 aromatic heterocycles. The molecule has 0 radical (unpaired) electrons. The molecule has 0 aliphatic rings. The molecule has 0 saturated heterocycles. The van der Waals surface area contributed by atoms with Gasteiger partial charge in [-0.1, -0.05) is 18.2 Å². The summed E-state index contributed by atoms with van der Waals surface area (Å²) in [6.07, 6.45) is 0. The van der Waals surface area contributed by atoms with Crippen LogP contribution < -0.4 is 9.64 Å². The van der Waals surface area contributed by atoms with Crippen LogP contribution in [0.15, 0.2) is 36.4 Å². The summed E-state index contributed by atoms with van der Waals surface area (Å²) in [4.78, 5) is 30.1. The van der Waals surface area contributed by atoms with Gasteiger partial charge in [-0.05, 0) is 44.5 Å². The number of carbonyl (C=O) groups excluding carboxylic acids is 2. The zero-order valence-corrected chi connectivity index (χ0v) is 15.6. The average molecular weight is 367 g/mol. The van der Waals surface area contributed by atoms with Crippen molar-refractivity contribution < 1.29 is 19.1 Å². The quantitative estimate of drug-likeness (QED) is 0.698. The van der Waals surface area contributed by atoms with E-state index < -0.39 is 11.9 Å². The number of carbonyl (C=O) groups is 2. The minimum Gasteiger partial charge on any atom is -0.467 e. The summed E-state index contributed by atoms with van der Waals surface area (Å²) in [6, 6.07) is 12.6. The van der Waals surface area contributed by atoms with Crippen LogP contribution in [0.25, 0.3) is 0 Å². The number of anilines is 1. The van der Waals surface area contributed by atoms with Crippen molar-refractivity contribution in [3.05, 3.63) is 53.2 Å². The maximum atomic E-state index is 12.7. The molecule has 0 bridgehead atoms. The molecule has 140 valence electrons. The van der Waals surface area contributed by atoms with Gasteiger partial charge in [-0.15, -0.1) is 0 Å². The molecule has 1 amide bonds. The number of amides is 1. The van der Waals surface area contributed by atoms with Crippen LogP contribution in [0.3, 0.4) is 0 Å². The number of esters is 1. The van der Waals surface area contributed by atoms with Crippen molar-refractivity contribution in [1.82, 2.24) is 4.98 Å². The predicted octanol–water partition coefficient (Wildman–Crippen LogP) is 2.55. The largest absolute Gasteiger partial charge is 0.467 e. The van der Waals surface area contributed by atoms with Gasteiger partial charge in [0.25, 0.3) is 5.91 Å². The molecule has 0 saturated carbocycles. The highest BCUT2D eigenvalue weighted by Gasteiger charge is 2.21. The number of hydrogen-bond donors (Lipinski definition) is 0. The van der Waals surface area contributed by atoms with Gasteiger partial charge in [0.15, 0.2) is 6.61 Å². The van der Waals surface area contributed by atoms with E-state index in [2.05, 4.69) is 4.98 Å². The van der Waals surface area contributed by atoms with E-state index in [0.717, 1.165) is 5.56 Å². The Morgan fingerprint density at radius 2 is 1.93 bits per heavy atom. The minimum atomic E-state index is -0.517. The van der Waals surface area contributed by atoms with Crippen LogP contribution in [0.4, 0.5) is 5.69 Å². The molecule has 2 rings (SSSR count). The number of rotatable bonds is 7. The lowest BCUT2D eigenvalue weighted by Crippen LogP contribution is -2.39. The van der Waals surface area contributed by atoms with Crippen molar-refractivity contribution >= 4 is 17.6 Å². The second-order valence-electron chi connectivity index (χ2n) is 5.78. The standard InChI is InChI=1S/C20H21N3O4/c1-4-26-19(25)12-23(16-8-6-5-7-9-16)18(24)13-27-20-17(11-21)14(2)10-15(3)22-20/h5-10H,4,12-13H2,1-3H3. The van der Waals surface area contributed by atoms with E-state index in [1.54, 1.807) is 51.1 Å². The van der Waals surface area contributed by atoms with Gasteiger partial charge in [0.05, 0.1) is 6.61 Å². The minimum absolute atomic E-state index is 0.104. The smallest absolute Gasteiger partial charge is 0.326 e. The molecule has 2 aromatic rings. The number of nitriles is 1. The third-order valence-corrected chi connectivity index (χ3v) is 3.72. The number of nitrogens with zero attached hydrogens (tertiary/aromatic N) is 3. The number of benzene rings is 1. The summed E-state index contributed by atoms with van der Waals surface area (Å²) in [5.74, 6) is -0.858. The normalized spacial score (nSPS) is 10.0. The number of hydrogen-bond acceptors (Lipinski definition) is 6. The first kappa shape index (κ1) is 19.9. The molecular weight excluding hydrogens is 346 g/mol. The van der Waals surface area contributed by atoms with Crippen molar-refractivity contribution in [2.24, 2.45) is 0 Å². The Hall–Kier alpha value is -3.40. The summed E-state index contributed by atoms with van der Waals surface area (Å²) in [6.45, 7) is 4.89. The van der Waals surface area contributed by atoms with Gasteiger partial charge in [-0.25, -0.2) is 4.98 Å². The Kier molecular flexibility index (Phi) is 6.89. The monoisotopic (exact) mass is 367 g/mol. The molecule has 0 fully saturated rings. The molecule has 1 aromatic carbocycles. The summed E-state index contributed by atoms with van der Waals surface area (Å²) < 4.78 is 10.5. The van der Waals surface area contributed by atoms with Crippen LogP contribution in [0.5, 0.6) is 5.88 Å². The number of aromatic nitrogens is 1. The summed E-state index contributed by atoms with van der Waals surface area (Å²) >= 11 is 0. The Balaban J connectivity index is 2.19. The molecule has 7 nitrogen and oxygen atoms in total. The molecule has 7 heteroatoms. The van der Waals surface area contributed by atoms with Crippen LogP contribution >= 0.6 is 0 Å². The first-order valence-electron chi connectivity index (χ1n) is 8.48. The van der Waals surface area contributed by atoms with Gasteiger partial charge in [0.1, 0.15) is 18.2 Å². The highest BCUT2D eigenvalue weighted by molar-refractivity contribution is 5.98. The van der Waals surface area contributed by atoms with Gasteiger partial charge in [-0.2, -0.15) is 5.26 Å². The van der Waals surface area contributed by atoms with Crippen molar-refractivity contribution in [2.45, 2.75) is 20.8 Å². The van der Waals surface area contributed by atoms with Crippen LogP contribution in [-0.2, 0) is 14.3 Å². The van der Waals surface area contributed by atoms with Crippen LogP contribution in [0.1, 0.15) is 23.7 Å². The second kappa shape index (κ2) is 9.34. The van der Waals surface area contributed by atoms with E-state index in [0.29, 0.717) is 11.4 Å². The molecular formula is C20H21N3O4. The van der Waals surface area contributed by atoms with E-state index in [1.165, 1.54) is 4.90 Å². The number of ether oxygens (including phenoxy) is 2. The van der Waals surface area contributed by atoms with Gasteiger partial charge in [0, 0.05) is 11.4 Å². The number of para-hydroxylation sites is 1. The number of pyridine rings is 1. The topological polar surface area (TPSA) is 92.5 Å².